The Morgan fingerprint density at radius 1 is 1.03 bits per heavy atom. The van der Waals surface area contributed by atoms with Gasteiger partial charge in [-0.2, -0.15) is 8.42 Å². The second-order valence-corrected chi connectivity index (χ2v) is 7.88. The van der Waals surface area contributed by atoms with Crippen LogP contribution in [-0.2, 0) is 34.0 Å². The molecule has 0 aromatic heterocycles. The highest BCUT2D eigenvalue weighted by Gasteiger charge is 2.53. The Kier molecular flexibility index (Phi) is 13.3. The van der Waals surface area contributed by atoms with Crippen molar-refractivity contribution in [3.05, 3.63) is 32.2 Å². The van der Waals surface area contributed by atoms with Crippen LogP contribution in [0.3, 0.4) is 0 Å². The Hall–Kier alpha value is -1.43. The van der Waals surface area contributed by atoms with Crippen LogP contribution in [0.25, 0.3) is 0 Å². The Labute approximate surface area is 187 Å². The van der Waals surface area contributed by atoms with E-state index in [4.69, 9.17) is 14.6 Å². The van der Waals surface area contributed by atoms with Gasteiger partial charge in [0, 0.05) is 18.6 Å². The summed E-state index contributed by atoms with van der Waals surface area (Å²) in [5, 5.41) is 7.05. The minimum atomic E-state index is -4.75. The van der Waals surface area contributed by atoms with Gasteiger partial charge in [-0.25, -0.2) is 9.59 Å². The minimum Gasteiger partial charge on any atom is -0.481 e. The molecule has 0 aromatic rings. The van der Waals surface area contributed by atoms with E-state index in [0.717, 1.165) is 12.2 Å². The molecule has 163 valence electrons. The summed E-state index contributed by atoms with van der Waals surface area (Å²) >= 11 is 0. The average molecular weight is 446 g/mol. The van der Waals surface area contributed by atoms with Crippen LogP contribution < -0.4 is 0 Å². The number of aliphatic carboxylic acids is 1. The summed E-state index contributed by atoms with van der Waals surface area (Å²) in [5.41, 5.74) is -1.66. The third-order valence-electron chi connectivity index (χ3n) is 4.64. The summed E-state index contributed by atoms with van der Waals surface area (Å²) in [6.07, 6.45) is -0.495. The first-order valence-electron chi connectivity index (χ1n) is 8.50. The van der Waals surface area contributed by atoms with Gasteiger partial charge in [-0.1, -0.05) is 19.6 Å². The number of esters is 2. The summed E-state index contributed by atoms with van der Waals surface area (Å²) in [5.74, 6) is -2.75. The second kappa shape index (κ2) is 13.0. The summed E-state index contributed by atoms with van der Waals surface area (Å²) in [6.45, 7) is 12.8. The number of carbonyl (C=O) groups is 3. The van der Waals surface area contributed by atoms with E-state index < -0.39 is 50.9 Å². The predicted molar refractivity (Wildman–Crippen MR) is 109 cm³/mol. The minimum absolute atomic E-state index is 0. The van der Waals surface area contributed by atoms with Gasteiger partial charge >= 0.3 is 41.0 Å². The Morgan fingerprint density at radius 3 is 1.76 bits per heavy atom. The zero-order chi connectivity index (χ0) is 22.1. The third kappa shape index (κ3) is 8.85. The molecule has 29 heavy (non-hydrogen) atoms. The average Bonchev–Trinajstić information content (AvgIpc) is 2.59. The van der Waals surface area contributed by atoms with Crippen LogP contribution in [0.15, 0.2) is 25.3 Å². The maximum absolute atomic E-state index is 11.9. The van der Waals surface area contributed by atoms with Crippen molar-refractivity contribution in [1.29, 1.82) is 0 Å². The quantitative estimate of drug-likeness (QED) is 0.139. The second-order valence-electron chi connectivity index (χ2n) is 6.28. The van der Waals surface area contributed by atoms with Crippen molar-refractivity contribution in [2.24, 2.45) is 5.41 Å². The molecule has 0 fully saturated rings. The first-order chi connectivity index (χ1) is 12.8. The molecule has 0 spiro atoms. The molecule has 0 amide bonds. The van der Waals surface area contributed by atoms with Crippen molar-refractivity contribution in [2.45, 2.75) is 57.0 Å². The number of hydrogen-bond acceptors (Lipinski definition) is 7. The number of rotatable bonds is 13. The third-order valence-corrected chi connectivity index (χ3v) is 5.80. The van der Waals surface area contributed by atoms with E-state index in [1.807, 2.05) is 0 Å². The lowest BCUT2D eigenvalue weighted by molar-refractivity contribution is -0.166. The van der Waals surface area contributed by atoms with Gasteiger partial charge in [0.05, 0.1) is 10.7 Å². The summed E-state index contributed by atoms with van der Waals surface area (Å²) in [4.78, 5) is 34.1. The Morgan fingerprint density at radius 2 is 1.45 bits per heavy atom. The fourth-order valence-corrected chi connectivity index (χ4v) is 4.13. The van der Waals surface area contributed by atoms with Crippen molar-refractivity contribution in [3.8, 4) is 0 Å². The van der Waals surface area contributed by atoms with E-state index in [-0.39, 0.29) is 48.7 Å². The zero-order valence-electron chi connectivity index (χ0n) is 16.0. The lowest BCUT2D eigenvalue weighted by Crippen LogP contribution is -2.55. The molecule has 0 saturated heterocycles. The number of unbranched alkanes of at least 4 members (excludes halogenated alkanes) is 1. The molecule has 2 N–H and O–H groups in total. The van der Waals surface area contributed by atoms with Crippen LogP contribution in [0.2, 0.25) is 0 Å². The lowest BCUT2D eigenvalue weighted by atomic mass is 9.71. The molecule has 3 atom stereocenters. The van der Waals surface area contributed by atoms with Gasteiger partial charge in [-0.05, 0) is 33.6 Å². The van der Waals surface area contributed by atoms with Crippen molar-refractivity contribution in [1.82, 2.24) is 0 Å². The molecule has 0 aliphatic heterocycles. The molecule has 11 heteroatoms. The molecule has 3 unspecified atom stereocenters. The van der Waals surface area contributed by atoms with E-state index >= 15 is 0 Å². The molecule has 0 rings (SSSR count). The number of carbonyl (C=O) groups excluding carboxylic acids is 2. The predicted octanol–water partition coefficient (Wildman–Crippen LogP) is 1.03. The molecule has 0 aromatic carbocycles. The van der Waals surface area contributed by atoms with Crippen LogP contribution in [0.5, 0.6) is 0 Å². The summed E-state index contributed by atoms with van der Waals surface area (Å²) < 4.78 is 43.9. The monoisotopic (exact) mass is 445 g/mol. The number of ether oxygens (including phenoxy) is 2. The zero-order valence-corrected chi connectivity index (χ0v) is 16.8. The van der Waals surface area contributed by atoms with Crippen molar-refractivity contribution >= 4 is 51.1 Å². The van der Waals surface area contributed by atoms with Crippen LogP contribution >= 0.6 is 0 Å². The molecule has 0 heterocycles. The highest BCUT2D eigenvalue weighted by atomic mass is 32.2. The fraction of sp³-hybridized carbons (Fsp3) is 0.556. The number of carboxylic acids is 1. The smallest absolute Gasteiger partial charge is 0.330 e. The SMILES string of the molecule is [CH2]C(C(CCCCC(=O)O)(C(C)OC(=O)C=C)C(C)OC(=O)C=C)S(=O)(=O)O.[MgH2]. The molecule has 0 aliphatic rings. The first-order valence-corrected chi connectivity index (χ1v) is 10.0. The highest BCUT2D eigenvalue weighted by Crippen LogP contribution is 2.43. The van der Waals surface area contributed by atoms with Crippen molar-refractivity contribution in [3.63, 3.8) is 0 Å². The van der Waals surface area contributed by atoms with Crippen LogP contribution in [0.1, 0.15) is 39.5 Å². The van der Waals surface area contributed by atoms with Gasteiger partial charge in [0.25, 0.3) is 10.1 Å². The standard InChI is InChI=1S/C18H27O9S.Mg.2H/c1-6-16(21)26-12(3)18(14(5)28(23,24)25,11-9-8-10-15(19)20)13(4)27-17(22)7-2;;;/h6-7,12-14H,1-2,5,8-11H2,3-4H3,(H,19,20)(H,23,24,25);;;. The van der Waals surface area contributed by atoms with Crippen LogP contribution in [-0.4, -0.2) is 76.5 Å². The van der Waals surface area contributed by atoms with Crippen LogP contribution in [0.4, 0.5) is 0 Å². The lowest BCUT2D eigenvalue weighted by Gasteiger charge is -2.45. The maximum Gasteiger partial charge on any atom is 0.330 e. The van der Waals surface area contributed by atoms with E-state index in [1.165, 1.54) is 13.8 Å². The summed E-state index contributed by atoms with van der Waals surface area (Å²) in [7, 11) is -4.75. The molecular formula is C18H29MgO9S. The maximum atomic E-state index is 11.9. The molecule has 0 aliphatic carbocycles. The van der Waals surface area contributed by atoms with Gasteiger partial charge in [0.2, 0.25) is 0 Å². The molecule has 9 nitrogen and oxygen atoms in total. The van der Waals surface area contributed by atoms with Crippen LogP contribution in [0, 0.1) is 12.3 Å². The van der Waals surface area contributed by atoms with E-state index in [9.17, 15) is 27.4 Å². The van der Waals surface area contributed by atoms with E-state index in [0.29, 0.717) is 0 Å². The highest BCUT2D eigenvalue weighted by molar-refractivity contribution is 7.86. The molecule has 0 bridgehead atoms. The summed E-state index contributed by atoms with van der Waals surface area (Å²) in [6, 6.07) is 0. The molecule has 1 radical (unpaired) electrons. The van der Waals surface area contributed by atoms with Crippen molar-refractivity contribution in [2.75, 3.05) is 0 Å². The van der Waals surface area contributed by atoms with Gasteiger partial charge in [-0.15, -0.1) is 0 Å². The van der Waals surface area contributed by atoms with Crippen molar-refractivity contribution < 1.29 is 41.9 Å². The van der Waals surface area contributed by atoms with Gasteiger partial charge in [0.15, 0.2) is 0 Å². The Balaban J connectivity index is 0. The fourth-order valence-electron chi connectivity index (χ4n) is 3.07. The van der Waals surface area contributed by atoms with Gasteiger partial charge < -0.3 is 14.6 Å². The van der Waals surface area contributed by atoms with E-state index in [1.54, 1.807) is 0 Å². The normalized spacial score (nSPS) is 16.1. The molecular weight excluding hydrogens is 417 g/mol. The Bertz CT molecular complexity index is 674. The first kappa shape index (κ1) is 29.8. The number of carboxylic acid groups (broad SMARTS) is 1. The van der Waals surface area contributed by atoms with Gasteiger partial charge in [-0.3, -0.25) is 9.35 Å². The molecule has 0 saturated carbocycles. The van der Waals surface area contributed by atoms with Gasteiger partial charge in [0.1, 0.15) is 12.2 Å². The topological polar surface area (TPSA) is 144 Å². The largest absolute Gasteiger partial charge is 0.481 e. The number of hydrogen-bond donors (Lipinski definition) is 2. The van der Waals surface area contributed by atoms with E-state index in [2.05, 4.69) is 20.1 Å².